The monoisotopic (exact) mass is 344 g/mol. The van der Waals surface area contributed by atoms with E-state index in [9.17, 15) is 14.4 Å². The van der Waals surface area contributed by atoms with Gasteiger partial charge in [0.05, 0.1) is 11.1 Å². The van der Waals surface area contributed by atoms with Crippen molar-refractivity contribution < 1.29 is 14.4 Å². The molecule has 25 heavy (non-hydrogen) atoms. The second-order valence-electron chi connectivity index (χ2n) is 7.49. The Balaban J connectivity index is 2.07. The Hall–Kier alpha value is -2.17. The van der Waals surface area contributed by atoms with E-state index in [1.165, 1.54) is 0 Å². The van der Waals surface area contributed by atoms with Crippen LogP contribution < -0.4 is 0 Å². The zero-order chi connectivity index (χ0) is 18.6. The van der Waals surface area contributed by atoms with Crippen LogP contribution in [0.15, 0.2) is 24.3 Å². The van der Waals surface area contributed by atoms with Crippen molar-refractivity contribution in [3.05, 3.63) is 35.4 Å². The van der Waals surface area contributed by atoms with E-state index in [2.05, 4.69) is 27.7 Å². The summed E-state index contributed by atoms with van der Waals surface area (Å²) in [4.78, 5) is 40.5. The van der Waals surface area contributed by atoms with E-state index < -0.39 is 0 Å². The van der Waals surface area contributed by atoms with Crippen LogP contribution in [0.2, 0.25) is 0 Å². The van der Waals surface area contributed by atoms with Crippen molar-refractivity contribution in [3.8, 4) is 0 Å². The molecule has 1 aromatic rings. The molecule has 0 aliphatic carbocycles. The fraction of sp³-hybridized carbons (Fsp3) is 0.550. The molecule has 0 saturated carbocycles. The summed E-state index contributed by atoms with van der Waals surface area (Å²) in [5, 5.41) is 0. The number of carbonyl (C=O) groups is 3. The molecule has 1 aromatic carbocycles. The minimum Gasteiger partial charge on any atom is -0.341 e. The van der Waals surface area contributed by atoms with Crippen molar-refractivity contribution in [2.75, 3.05) is 19.6 Å². The van der Waals surface area contributed by atoms with Crippen molar-refractivity contribution in [2.24, 2.45) is 11.8 Å². The molecule has 0 spiro atoms. The average Bonchev–Trinajstić information content (AvgIpc) is 2.79. The summed E-state index contributed by atoms with van der Waals surface area (Å²) in [5.41, 5.74) is 0.771. The van der Waals surface area contributed by atoms with E-state index >= 15 is 0 Å². The Bertz CT molecular complexity index is 605. The largest absolute Gasteiger partial charge is 0.341 e. The first-order valence-electron chi connectivity index (χ1n) is 9.04. The summed E-state index contributed by atoms with van der Waals surface area (Å²) in [6.07, 6.45) is 1.82. The Labute approximate surface area is 150 Å². The lowest BCUT2D eigenvalue weighted by Crippen LogP contribution is -2.43. The standard InChI is InChI=1S/C20H28N2O3/c1-14(2)9-11-21(12-10-15(3)4)18(23)13-22-19(24)16-7-5-6-8-17(16)20(22)25/h5-8,14-15H,9-13H2,1-4H3. The molecule has 0 radical (unpaired) electrons. The van der Waals surface area contributed by atoms with Gasteiger partial charge in [0.25, 0.3) is 11.8 Å². The highest BCUT2D eigenvalue weighted by molar-refractivity contribution is 6.22. The van der Waals surface area contributed by atoms with Crippen molar-refractivity contribution in [1.82, 2.24) is 9.80 Å². The third-order valence-electron chi connectivity index (χ3n) is 4.48. The van der Waals surface area contributed by atoms with Crippen LogP contribution >= 0.6 is 0 Å². The van der Waals surface area contributed by atoms with Gasteiger partial charge in [0.2, 0.25) is 5.91 Å². The quantitative estimate of drug-likeness (QED) is 0.681. The molecule has 1 heterocycles. The van der Waals surface area contributed by atoms with Gasteiger partial charge in [-0.05, 0) is 36.8 Å². The highest BCUT2D eigenvalue weighted by Gasteiger charge is 2.36. The second-order valence-corrected chi connectivity index (χ2v) is 7.49. The zero-order valence-corrected chi connectivity index (χ0v) is 15.6. The number of rotatable bonds is 8. The third kappa shape index (κ3) is 4.68. The third-order valence-corrected chi connectivity index (χ3v) is 4.48. The van der Waals surface area contributed by atoms with Crippen molar-refractivity contribution in [2.45, 2.75) is 40.5 Å². The molecule has 1 aliphatic rings. The van der Waals surface area contributed by atoms with Gasteiger partial charge in [0.15, 0.2) is 0 Å². The number of imide groups is 1. The second kappa shape index (κ2) is 8.28. The smallest absolute Gasteiger partial charge is 0.262 e. The molecule has 0 bridgehead atoms. The number of carbonyl (C=O) groups excluding carboxylic acids is 3. The normalized spacial score (nSPS) is 13.8. The van der Waals surface area contributed by atoms with Crippen LogP contribution in [0.5, 0.6) is 0 Å². The van der Waals surface area contributed by atoms with Crippen LogP contribution in [0.4, 0.5) is 0 Å². The molecular weight excluding hydrogens is 316 g/mol. The van der Waals surface area contributed by atoms with Crippen molar-refractivity contribution >= 4 is 17.7 Å². The van der Waals surface area contributed by atoms with Gasteiger partial charge >= 0.3 is 0 Å². The molecule has 2 rings (SSSR count). The van der Waals surface area contributed by atoms with E-state index in [4.69, 9.17) is 0 Å². The van der Waals surface area contributed by atoms with Gasteiger partial charge in [-0.2, -0.15) is 0 Å². The Morgan fingerprint density at radius 1 is 0.920 bits per heavy atom. The maximum atomic E-state index is 12.7. The van der Waals surface area contributed by atoms with Gasteiger partial charge in [-0.15, -0.1) is 0 Å². The number of fused-ring (bicyclic) bond motifs is 1. The molecule has 0 N–H and O–H groups in total. The Morgan fingerprint density at radius 2 is 1.36 bits per heavy atom. The van der Waals surface area contributed by atoms with Gasteiger partial charge in [0.1, 0.15) is 6.54 Å². The molecule has 136 valence electrons. The molecule has 0 atom stereocenters. The predicted molar refractivity (Wildman–Crippen MR) is 97.3 cm³/mol. The highest BCUT2D eigenvalue weighted by Crippen LogP contribution is 2.22. The summed E-state index contributed by atoms with van der Waals surface area (Å²) >= 11 is 0. The van der Waals surface area contributed by atoms with Crippen molar-refractivity contribution in [1.29, 1.82) is 0 Å². The molecule has 0 saturated heterocycles. The van der Waals surface area contributed by atoms with E-state index in [0.717, 1.165) is 17.7 Å². The number of benzene rings is 1. The van der Waals surface area contributed by atoms with Crippen LogP contribution in [-0.2, 0) is 4.79 Å². The van der Waals surface area contributed by atoms with Gasteiger partial charge in [-0.1, -0.05) is 39.8 Å². The van der Waals surface area contributed by atoms with Gasteiger partial charge in [-0.25, -0.2) is 0 Å². The Kier molecular flexibility index (Phi) is 6.34. The maximum absolute atomic E-state index is 12.7. The zero-order valence-electron chi connectivity index (χ0n) is 15.6. The van der Waals surface area contributed by atoms with Crippen LogP contribution in [0.25, 0.3) is 0 Å². The first kappa shape index (κ1) is 19.2. The lowest BCUT2D eigenvalue weighted by atomic mass is 10.1. The molecule has 5 heteroatoms. The number of nitrogens with zero attached hydrogens (tertiary/aromatic N) is 2. The van der Waals surface area contributed by atoms with Gasteiger partial charge in [-0.3, -0.25) is 19.3 Å². The number of hydrogen-bond acceptors (Lipinski definition) is 3. The molecule has 5 nitrogen and oxygen atoms in total. The summed E-state index contributed by atoms with van der Waals surface area (Å²) in [6, 6.07) is 6.73. The summed E-state index contributed by atoms with van der Waals surface area (Å²) in [7, 11) is 0. The topological polar surface area (TPSA) is 57.7 Å². The van der Waals surface area contributed by atoms with Crippen LogP contribution in [-0.4, -0.2) is 47.2 Å². The molecule has 0 fully saturated rings. The Morgan fingerprint density at radius 3 is 1.76 bits per heavy atom. The fourth-order valence-electron chi connectivity index (χ4n) is 2.81. The van der Waals surface area contributed by atoms with Crippen LogP contribution in [0.3, 0.4) is 0 Å². The summed E-state index contributed by atoms with van der Waals surface area (Å²) in [5.74, 6) is 0.0846. The fourth-order valence-corrected chi connectivity index (χ4v) is 2.81. The summed E-state index contributed by atoms with van der Waals surface area (Å²) in [6.45, 7) is 9.62. The SMILES string of the molecule is CC(C)CCN(CCC(C)C)C(=O)CN1C(=O)c2ccccc2C1=O. The maximum Gasteiger partial charge on any atom is 0.262 e. The first-order chi connectivity index (χ1) is 11.8. The molecule has 3 amide bonds. The van der Waals surface area contributed by atoms with Gasteiger partial charge in [0, 0.05) is 13.1 Å². The lowest BCUT2D eigenvalue weighted by molar-refractivity contribution is -0.131. The van der Waals surface area contributed by atoms with Crippen molar-refractivity contribution in [3.63, 3.8) is 0 Å². The minimum absolute atomic E-state index is 0.157. The highest BCUT2D eigenvalue weighted by atomic mass is 16.2. The van der Waals surface area contributed by atoms with Crippen LogP contribution in [0, 0.1) is 11.8 Å². The predicted octanol–water partition coefficient (Wildman–Crippen LogP) is 3.20. The van der Waals surface area contributed by atoms with E-state index in [1.54, 1.807) is 29.2 Å². The lowest BCUT2D eigenvalue weighted by Gasteiger charge is -2.26. The first-order valence-corrected chi connectivity index (χ1v) is 9.04. The molecule has 1 aliphatic heterocycles. The molecule has 0 unspecified atom stereocenters. The average molecular weight is 344 g/mol. The number of hydrogen-bond donors (Lipinski definition) is 0. The van der Waals surface area contributed by atoms with E-state index in [1.807, 2.05) is 0 Å². The van der Waals surface area contributed by atoms with Gasteiger partial charge < -0.3 is 4.90 Å². The number of amides is 3. The van der Waals surface area contributed by atoms with E-state index in [-0.39, 0.29) is 24.3 Å². The summed E-state index contributed by atoms with van der Waals surface area (Å²) < 4.78 is 0. The molecular formula is C20H28N2O3. The van der Waals surface area contributed by atoms with E-state index in [0.29, 0.717) is 36.1 Å². The minimum atomic E-state index is -0.374. The molecule has 0 aromatic heterocycles. The van der Waals surface area contributed by atoms with Crippen LogP contribution in [0.1, 0.15) is 61.3 Å².